The molecule has 0 heterocycles. The summed E-state index contributed by atoms with van der Waals surface area (Å²) in [7, 11) is 0. The second kappa shape index (κ2) is 5.46. The van der Waals surface area contributed by atoms with Crippen LogP contribution in [0.1, 0.15) is 66.7 Å². The highest BCUT2D eigenvalue weighted by Crippen LogP contribution is 2.40. The maximum atomic E-state index is 12.2. The maximum absolute atomic E-state index is 12.2. The Hall–Kier alpha value is -0.790. The number of rotatable bonds is 4. The summed E-state index contributed by atoms with van der Waals surface area (Å²) in [6, 6.07) is 0. The number of hydrogen-bond acceptors (Lipinski definition) is 2. The summed E-state index contributed by atoms with van der Waals surface area (Å²) in [6.45, 7) is 14.5. The standard InChI is InChI=1S/C16H28O2/c1-12(2)16(9-7-8-10-16)18-14(17)13(3)11-15(4,5)6/h12H,3,7-11H2,1-2,4-6H3. The minimum atomic E-state index is -0.238. The molecule has 0 aromatic rings. The molecule has 1 rings (SSSR count). The zero-order chi connectivity index (χ0) is 14.0. The number of carbonyl (C=O) groups is 1. The number of esters is 1. The third kappa shape index (κ3) is 3.86. The van der Waals surface area contributed by atoms with E-state index in [-0.39, 0.29) is 17.0 Å². The molecule has 0 amide bonds. The van der Waals surface area contributed by atoms with E-state index in [0.717, 1.165) is 25.7 Å². The molecule has 0 unspecified atom stereocenters. The lowest BCUT2D eigenvalue weighted by Gasteiger charge is -2.34. The van der Waals surface area contributed by atoms with Crippen LogP contribution in [-0.2, 0) is 9.53 Å². The monoisotopic (exact) mass is 252 g/mol. The zero-order valence-corrected chi connectivity index (χ0v) is 12.6. The first-order valence-corrected chi connectivity index (χ1v) is 7.07. The molecule has 0 spiro atoms. The van der Waals surface area contributed by atoms with E-state index >= 15 is 0 Å². The van der Waals surface area contributed by atoms with Gasteiger partial charge in [0.1, 0.15) is 5.60 Å². The Morgan fingerprint density at radius 3 is 2.17 bits per heavy atom. The topological polar surface area (TPSA) is 26.3 Å². The van der Waals surface area contributed by atoms with Crippen LogP contribution in [0.2, 0.25) is 0 Å². The molecule has 0 aliphatic heterocycles. The van der Waals surface area contributed by atoms with Crippen LogP contribution < -0.4 is 0 Å². The summed E-state index contributed by atoms with van der Waals surface area (Å²) >= 11 is 0. The van der Waals surface area contributed by atoms with Gasteiger partial charge in [0.15, 0.2) is 0 Å². The van der Waals surface area contributed by atoms with Crippen LogP contribution in [0.4, 0.5) is 0 Å². The summed E-state index contributed by atoms with van der Waals surface area (Å²) in [5, 5.41) is 0. The van der Waals surface area contributed by atoms with Gasteiger partial charge in [0.25, 0.3) is 0 Å². The van der Waals surface area contributed by atoms with Gasteiger partial charge in [-0.3, -0.25) is 0 Å². The molecule has 18 heavy (non-hydrogen) atoms. The molecule has 2 heteroatoms. The van der Waals surface area contributed by atoms with Gasteiger partial charge in [-0.2, -0.15) is 0 Å². The highest BCUT2D eigenvalue weighted by molar-refractivity contribution is 5.88. The zero-order valence-electron chi connectivity index (χ0n) is 12.6. The SMILES string of the molecule is C=C(CC(C)(C)C)C(=O)OC1(C(C)C)CCCC1. The lowest BCUT2D eigenvalue weighted by Crippen LogP contribution is -2.38. The number of hydrogen-bond donors (Lipinski definition) is 0. The van der Waals surface area contributed by atoms with E-state index in [0.29, 0.717) is 17.9 Å². The Morgan fingerprint density at radius 1 is 1.28 bits per heavy atom. The smallest absolute Gasteiger partial charge is 0.333 e. The fourth-order valence-electron chi connectivity index (χ4n) is 2.74. The predicted octanol–water partition coefficient (Wildman–Crippen LogP) is 4.49. The van der Waals surface area contributed by atoms with Crippen molar-refractivity contribution in [3.05, 3.63) is 12.2 Å². The van der Waals surface area contributed by atoms with Gasteiger partial charge in [-0.15, -0.1) is 0 Å². The molecule has 1 fully saturated rings. The Balaban J connectivity index is 2.65. The van der Waals surface area contributed by atoms with Crippen molar-refractivity contribution in [1.82, 2.24) is 0 Å². The lowest BCUT2D eigenvalue weighted by molar-refractivity contribution is -0.159. The number of ether oxygens (including phenoxy) is 1. The molecule has 2 nitrogen and oxygen atoms in total. The average molecular weight is 252 g/mol. The van der Waals surface area contributed by atoms with E-state index in [2.05, 4.69) is 41.2 Å². The quantitative estimate of drug-likeness (QED) is 0.544. The van der Waals surface area contributed by atoms with Gasteiger partial charge in [-0.05, 0) is 43.4 Å². The summed E-state index contributed by atoms with van der Waals surface area (Å²) in [6.07, 6.45) is 5.02. The van der Waals surface area contributed by atoms with Gasteiger partial charge in [-0.25, -0.2) is 4.79 Å². The van der Waals surface area contributed by atoms with E-state index in [9.17, 15) is 4.79 Å². The fourth-order valence-corrected chi connectivity index (χ4v) is 2.74. The van der Waals surface area contributed by atoms with Crippen LogP contribution in [0.5, 0.6) is 0 Å². The minimum absolute atomic E-state index is 0.0801. The van der Waals surface area contributed by atoms with Crippen molar-refractivity contribution in [1.29, 1.82) is 0 Å². The summed E-state index contributed by atoms with van der Waals surface area (Å²) in [4.78, 5) is 12.2. The van der Waals surface area contributed by atoms with Crippen LogP contribution in [0.3, 0.4) is 0 Å². The van der Waals surface area contributed by atoms with Gasteiger partial charge in [-0.1, -0.05) is 41.2 Å². The van der Waals surface area contributed by atoms with E-state index in [1.807, 2.05) is 0 Å². The molecule has 0 aromatic carbocycles. The van der Waals surface area contributed by atoms with Gasteiger partial charge < -0.3 is 4.74 Å². The van der Waals surface area contributed by atoms with Gasteiger partial charge >= 0.3 is 5.97 Å². The van der Waals surface area contributed by atoms with Crippen LogP contribution >= 0.6 is 0 Å². The van der Waals surface area contributed by atoms with Crippen molar-refractivity contribution in [2.45, 2.75) is 72.3 Å². The maximum Gasteiger partial charge on any atom is 0.333 e. The highest BCUT2D eigenvalue weighted by atomic mass is 16.6. The molecule has 0 atom stereocenters. The van der Waals surface area contributed by atoms with Crippen LogP contribution in [0.25, 0.3) is 0 Å². The largest absolute Gasteiger partial charge is 0.455 e. The molecule has 0 radical (unpaired) electrons. The molecular weight excluding hydrogens is 224 g/mol. The van der Waals surface area contributed by atoms with Crippen LogP contribution in [0.15, 0.2) is 12.2 Å². The summed E-state index contributed by atoms with van der Waals surface area (Å²) in [5.41, 5.74) is 0.448. The molecule has 0 aromatic heterocycles. The second-order valence-corrected chi connectivity index (χ2v) is 7.16. The van der Waals surface area contributed by atoms with Crippen molar-refractivity contribution >= 4 is 5.97 Å². The first-order valence-electron chi connectivity index (χ1n) is 7.07. The lowest BCUT2D eigenvalue weighted by atomic mass is 9.87. The molecule has 0 bridgehead atoms. The van der Waals surface area contributed by atoms with E-state index in [4.69, 9.17) is 4.74 Å². The Bertz CT molecular complexity index is 314. The third-order valence-electron chi connectivity index (χ3n) is 3.83. The molecule has 104 valence electrons. The van der Waals surface area contributed by atoms with Gasteiger partial charge in [0.05, 0.1) is 0 Å². The molecular formula is C16H28O2. The summed E-state index contributed by atoms with van der Waals surface area (Å²) in [5.74, 6) is 0.187. The first-order chi connectivity index (χ1) is 8.16. The van der Waals surface area contributed by atoms with Gasteiger partial charge in [0.2, 0.25) is 0 Å². The van der Waals surface area contributed by atoms with E-state index in [1.54, 1.807) is 0 Å². The Labute approximate surface area is 112 Å². The first kappa shape index (κ1) is 15.3. The van der Waals surface area contributed by atoms with Crippen LogP contribution in [0, 0.1) is 11.3 Å². The van der Waals surface area contributed by atoms with Crippen molar-refractivity contribution in [2.24, 2.45) is 11.3 Å². The Morgan fingerprint density at radius 2 is 1.78 bits per heavy atom. The molecule has 1 saturated carbocycles. The molecule has 1 aliphatic rings. The van der Waals surface area contributed by atoms with E-state index < -0.39 is 0 Å². The highest BCUT2D eigenvalue weighted by Gasteiger charge is 2.41. The van der Waals surface area contributed by atoms with Crippen molar-refractivity contribution in [3.63, 3.8) is 0 Å². The van der Waals surface area contributed by atoms with Crippen LogP contribution in [-0.4, -0.2) is 11.6 Å². The average Bonchev–Trinajstić information content (AvgIpc) is 2.64. The van der Waals surface area contributed by atoms with Gasteiger partial charge in [0, 0.05) is 5.57 Å². The fraction of sp³-hybridized carbons (Fsp3) is 0.812. The minimum Gasteiger partial charge on any atom is -0.455 e. The second-order valence-electron chi connectivity index (χ2n) is 7.16. The molecule has 0 saturated heterocycles. The normalized spacial score (nSPS) is 19.0. The van der Waals surface area contributed by atoms with Crippen molar-refractivity contribution < 1.29 is 9.53 Å². The third-order valence-corrected chi connectivity index (χ3v) is 3.83. The van der Waals surface area contributed by atoms with Crippen molar-refractivity contribution in [3.8, 4) is 0 Å². The van der Waals surface area contributed by atoms with Crippen molar-refractivity contribution in [2.75, 3.05) is 0 Å². The molecule has 1 aliphatic carbocycles. The molecule has 0 N–H and O–H groups in total. The Kier molecular flexibility index (Phi) is 4.63. The predicted molar refractivity (Wildman–Crippen MR) is 75.3 cm³/mol. The van der Waals surface area contributed by atoms with E-state index in [1.165, 1.54) is 0 Å². The summed E-state index contributed by atoms with van der Waals surface area (Å²) < 4.78 is 5.83. The number of carbonyl (C=O) groups excluding carboxylic acids is 1.